The number of aryl methyl sites for hydroxylation is 1. The second kappa shape index (κ2) is 3.58. The van der Waals surface area contributed by atoms with Crippen LogP contribution in [-0.2, 0) is 10.2 Å². The maximum atomic E-state index is 12.6. The minimum absolute atomic E-state index is 0.326. The van der Waals surface area contributed by atoms with Gasteiger partial charge >= 0.3 is 10.2 Å². The first-order chi connectivity index (χ1) is 6.73. The summed E-state index contributed by atoms with van der Waals surface area (Å²) in [6.07, 6.45) is 0. The first-order valence-corrected chi connectivity index (χ1v) is 5.32. The van der Waals surface area contributed by atoms with Gasteiger partial charge in [-0.1, -0.05) is 0 Å². The molecule has 0 saturated carbocycles. The van der Waals surface area contributed by atoms with Crippen LogP contribution in [0, 0.1) is 24.0 Å². The topological polar surface area (TPSA) is 77.3 Å². The number of nitrogens with zero attached hydrogens (tertiary/aromatic N) is 1. The van der Waals surface area contributed by atoms with Gasteiger partial charge in [0.15, 0.2) is 0 Å². The molecule has 0 N–H and O–H groups in total. The van der Waals surface area contributed by atoms with Gasteiger partial charge in [0.1, 0.15) is 4.90 Å². The zero-order valence-corrected chi connectivity index (χ0v) is 8.84. The van der Waals surface area contributed by atoms with E-state index in [-0.39, 0.29) is 0 Å². The van der Waals surface area contributed by atoms with Gasteiger partial charge in [-0.15, -0.1) is 3.89 Å². The fourth-order valence-electron chi connectivity index (χ4n) is 1.14. The molecule has 7 heteroatoms. The van der Waals surface area contributed by atoms with Crippen LogP contribution in [0.25, 0.3) is 0 Å². The maximum Gasteiger partial charge on any atom is 0.332 e. The van der Waals surface area contributed by atoms with Crippen molar-refractivity contribution in [3.05, 3.63) is 33.4 Å². The number of nitro groups is 1. The molecular formula is C8H8FNO4S. The first kappa shape index (κ1) is 11.6. The van der Waals surface area contributed by atoms with E-state index in [2.05, 4.69) is 0 Å². The van der Waals surface area contributed by atoms with Crippen LogP contribution < -0.4 is 0 Å². The van der Waals surface area contributed by atoms with Gasteiger partial charge in [-0.2, -0.15) is 8.42 Å². The molecule has 0 aromatic heterocycles. The fraction of sp³-hybridized carbons (Fsp3) is 0.250. The minimum atomic E-state index is -4.90. The Morgan fingerprint density at radius 3 is 2.27 bits per heavy atom. The summed E-state index contributed by atoms with van der Waals surface area (Å²) in [5.41, 5.74) is 0.291. The summed E-state index contributed by atoms with van der Waals surface area (Å²) in [6.45, 7) is 2.96. The van der Waals surface area contributed by atoms with E-state index in [9.17, 15) is 22.4 Å². The molecule has 0 unspecified atom stereocenters. The van der Waals surface area contributed by atoms with Crippen LogP contribution in [0.15, 0.2) is 17.0 Å². The molecule has 0 bridgehead atoms. The van der Waals surface area contributed by atoms with Crippen LogP contribution >= 0.6 is 0 Å². The second-order valence-electron chi connectivity index (χ2n) is 3.08. The standard InChI is InChI=1S/C8H8FNO4S/c1-5-3-7(15(9,13)14)4-8(6(5)2)10(11)12/h3-4H,1-2H3. The monoisotopic (exact) mass is 233 g/mol. The molecule has 5 nitrogen and oxygen atoms in total. The van der Waals surface area contributed by atoms with Crippen molar-refractivity contribution < 1.29 is 17.2 Å². The molecule has 82 valence electrons. The van der Waals surface area contributed by atoms with Gasteiger partial charge in [0.2, 0.25) is 0 Å². The van der Waals surface area contributed by atoms with Gasteiger partial charge in [0.05, 0.1) is 4.92 Å². The summed E-state index contributed by atoms with van der Waals surface area (Å²) >= 11 is 0. The zero-order chi connectivity index (χ0) is 11.8. The second-order valence-corrected chi connectivity index (χ2v) is 4.43. The Hall–Kier alpha value is -1.50. The smallest absolute Gasteiger partial charge is 0.258 e. The van der Waals surface area contributed by atoms with Crippen molar-refractivity contribution >= 4 is 15.9 Å². The fourth-order valence-corrected chi connectivity index (χ4v) is 1.71. The highest BCUT2D eigenvalue weighted by atomic mass is 32.3. The van der Waals surface area contributed by atoms with Crippen molar-refractivity contribution in [2.24, 2.45) is 0 Å². The molecule has 1 aromatic carbocycles. The molecule has 0 atom stereocenters. The van der Waals surface area contributed by atoms with Crippen LogP contribution in [0.2, 0.25) is 0 Å². The summed E-state index contributed by atoms with van der Waals surface area (Å²) in [5.74, 6) is 0. The molecule has 0 spiro atoms. The molecule has 0 amide bonds. The Labute approximate surface area is 85.9 Å². The van der Waals surface area contributed by atoms with Crippen molar-refractivity contribution in [3.63, 3.8) is 0 Å². The van der Waals surface area contributed by atoms with Crippen LogP contribution in [0.4, 0.5) is 9.57 Å². The van der Waals surface area contributed by atoms with Gasteiger partial charge in [-0.05, 0) is 25.5 Å². The maximum absolute atomic E-state index is 12.6. The lowest BCUT2D eigenvalue weighted by molar-refractivity contribution is -0.385. The molecule has 15 heavy (non-hydrogen) atoms. The zero-order valence-electron chi connectivity index (χ0n) is 8.02. The Balaban J connectivity index is 3.57. The Morgan fingerprint density at radius 1 is 1.33 bits per heavy atom. The van der Waals surface area contributed by atoms with Gasteiger partial charge < -0.3 is 0 Å². The highest BCUT2D eigenvalue weighted by molar-refractivity contribution is 7.86. The van der Waals surface area contributed by atoms with E-state index in [1.165, 1.54) is 13.8 Å². The van der Waals surface area contributed by atoms with Crippen LogP contribution in [0.5, 0.6) is 0 Å². The third-order valence-electron chi connectivity index (χ3n) is 2.09. The molecule has 0 saturated heterocycles. The van der Waals surface area contributed by atoms with Gasteiger partial charge in [-0.3, -0.25) is 10.1 Å². The molecular weight excluding hydrogens is 225 g/mol. The Bertz CT molecular complexity index is 524. The van der Waals surface area contributed by atoms with Crippen molar-refractivity contribution in [1.82, 2.24) is 0 Å². The number of hydrogen-bond donors (Lipinski definition) is 0. The van der Waals surface area contributed by atoms with E-state index < -0.39 is 25.7 Å². The van der Waals surface area contributed by atoms with E-state index in [0.29, 0.717) is 11.1 Å². The quantitative estimate of drug-likeness (QED) is 0.444. The molecule has 0 aliphatic heterocycles. The predicted octanol–water partition coefficient (Wildman–Crippen LogP) is 1.87. The van der Waals surface area contributed by atoms with Crippen LogP contribution in [0.3, 0.4) is 0 Å². The summed E-state index contributed by atoms with van der Waals surface area (Å²) < 4.78 is 33.8. The Kier molecular flexibility index (Phi) is 2.76. The number of halogens is 1. The summed E-state index contributed by atoms with van der Waals surface area (Å²) in [7, 11) is -4.90. The lowest BCUT2D eigenvalue weighted by atomic mass is 10.1. The third kappa shape index (κ3) is 2.30. The predicted molar refractivity (Wildman–Crippen MR) is 50.9 cm³/mol. The van der Waals surface area contributed by atoms with Crippen molar-refractivity contribution in [1.29, 1.82) is 0 Å². The summed E-state index contributed by atoms with van der Waals surface area (Å²) in [6, 6.07) is 1.79. The largest absolute Gasteiger partial charge is 0.332 e. The van der Waals surface area contributed by atoms with Crippen LogP contribution in [0.1, 0.15) is 11.1 Å². The average Bonchev–Trinajstić information content (AvgIpc) is 2.06. The molecule has 0 aliphatic carbocycles. The van der Waals surface area contributed by atoms with E-state index in [1.807, 2.05) is 0 Å². The highest BCUT2D eigenvalue weighted by Gasteiger charge is 2.20. The van der Waals surface area contributed by atoms with E-state index in [1.54, 1.807) is 0 Å². The van der Waals surface area contributed by atoms with E-state index in [0.717, 1.165) is 12.1 Å². The molecule has 1 rings (SSSR count). The average molecular weight is 233 g/mol. The lowest BCUT2D eigenvalue weighted by Crippen LogP contribution is -1.99. The molecule has 0 radical (unpaired) electrons. The normalized spacial score (nSPS) is 11.4. The number of benzene rings is 1. The van der Waals surface area contributed by atoms with E-state index in [4.69, 9.17) is 0 Å². The molecule has 0 aliphatic rings. The molecule has 0 heterocycles. The van der Waals surface area contributed by atoms with E-state index >= 15 is 0 Å². The van der Waals surface area contributed by atoms with Crippen molar-refractivity contribution in [3.8, 4) is 0 Å². The number of rotatable bonds is 2. The first-order valence-electron chi connectivity index (χ1n) is 3.94. The molecule has 0 fully saturated rings. The van der Waals surface area contributed by atoms with Crippen molar-refractivity contribution in [2.75, 3.05) is 0 Å². The van der Waals surface area contributed by atoms with Crippen LogP contribution in [-0.4, -0.2) is 13.3 Å². The lowest BCUT2D eigenvalue weighted by Gasteiger charge is -2.03. The Morgan fingerprint density at radius 2 is 1.87 bits per heavy atom. The SMILES string of the molecule is Cc1cc(S(=O)(=O)F)cc([N+](=O)[O-])c1C. The highest BCUT2D eigenvalue weighted by Crippen LogP contribution is 2.26. The van der Waals surface area contributed by atoms with Gasteiger partial charge in [-0.25, -0.2) is 0 Å². The van der Waals surface area contributed by atoms with Gasteiger partial charge in [0, 0.05) is 11.6 Å². The van der Waals surface area contributed by atoms with Gasteiger partial charge in [0.25, 0.3) is 5.69 Å². The van der Waals surface area contributed by atoms with Crippen molar-refractivity contribution in [2.45, 2.75) is 18.7 Å². The summed E-state index contributed by atoms with van der Waals surface area (Å²) in [4.78, 5) is 9.12. The molecule has 1 aromatic rings. The minimum Gasteiger partial charge on any atom is -0.258 e. The third-order valence-corrected chi connectivity index (χ3v) is 2.89. The number of hydrogen-bond acceptors (Lipinski definition) is 4. The number of nitro benzene ring substituents is 1. The summed E-state index contributed by atoms with van der Waals surface area (Å²) in [5, 5.41) is 10.5.